The van der Waals surface area contributed by atoms with Crippen LogP contribution in [0.15, 0.2) is 0 Å². The third kappa shape index (κ3) is 7.39. The minimum atomic E-state index is -4.69. The van der Waals surface area contributed by atoms with Gasteiger partial charge in [0.15, 0.2) is 0 Å². The molecule has 0 heterocycles. The third-order valence-corrected chi connectivity index (χ3v) is 2.34. The molecule has 0 unspecified atom stereocenters. The van der Waals surface area contributed by atoms with Gasteiger partial charge in [-0.2, -0.15) is 26.3 Å². The number of nitrogens with one attached hydrogen (secondary N) is 2. The van der Waals surface area contributed by atoms with E-state index >= 15 is 0 Å². The number of rotatable bonds is 6. The first kappa shape index (κ1) is 15.1. The lowest BCUT2D eigenvalue weighted by atomic mass is 10.3. The van der Waals surface area contributed by atoms with Gasteiger partial charge in [0.05, 0.1) is 0 Å². The van der Waals surface area contributed by atoms with Crippen molar-refractivity contribution in [2.45, 2.75) is 12.2 Å². The monoisotopic (exact) mass is 265 g/mol. The second kappa shape index (κ2) is 5.43. The second-order valence-corrected chi connectivity index (χ2v) is 4.32. The van der Waals surface area contributed by atoms with Gasteiger partial charge in [-0.05, 0) is 0 Å². The molecule has 0 aromatic rings. The van der Waals surface area contributed by atoms with Crippen LogP contribution in [-0.4, -0.2) is 44.8 Å². The number of alkyl halides is 3. The van der Waals surface area contributed by atoms with Crippen molar-refractivity contribution in [1.29, 1.82) is 0 Å². The van der Waals surface area contributed by atoms with E-state index in [4.69, 9.17) is 10.8 Å². The standard InChI is InChI=1S/C5H10F3N3O4S/c6-5(7,8)2-11-16(14,15)10-1-3(9)4(12)13/h3,10-11H,1-2,9H2,(H,12,13)/t3-/m0/s1. The summed E-state index contributed by atoms with van der Waals surface area (Å²) >= 11 is 0. The van der Waals surface area contributed by atoms with E-state index in [1.807, 2.05) is 0 Å². The van der Waals surface area contributed by atoms with Crippen LogP contribution >= 0.6 is 0 Å². The van der Waals surface area contributed by atoms with Crippen molar-refractivity contribution in [2.24, 2.45) is 5.73 Å². The molecule has 0 aromatic carbocycles. The summed E-state index contributed by atoms with van der Waals surface area (Å²) in [4.78, 5) is 10.2. The largest absolute Gasteiger partial charge is 0.480 e. The first-order valence-corrected chi connectivity index (χ1v) is 5.31. The van der Waals surface area contributed by atoms with Crippen molar-refractivity contribution in [3.63, 3.8) is 0 Å². The van der Waals surface area contributed by atoms with Gasteiger partial charge in [0.25, 0.3) is 10.2 Å². The van der Waals surface area contributed by atoms with E-state index < -0.39 is 41.5 Å². The van der Waals surface area contributed by atoms with Crippen molar-refractivity contribution in [3.05, 3.63) is 0 Å². The van der Waals surface area contributed by atoms with Crippen LogP contribution in [0.3, 0.4) is 0 Å². The molecular formula is C5H10F3N3O4S. The predicted octanol–water partition coefficient (Wildman–Crippen LogP) is -1.62. The molecule has 0 aliphatic carbocycles. The maximum absolute atomic E-state index is 11.6. The Morgan fingerprint density at radius 1 is 1.38 bits per heavy atom. The molecule has 5 N–H and O–H groups in total. The Labute approximate surface area is 89.0 Å². The van der Waals surface area contributed by atoms with E-state index in [9.17, 15) is 26.4 Å². The zero-order valence-electron chi connectivity index (χ0n) is 7.78. The number of aliphatic carboxylic acids is 1. The van der Waals surface area contributed by atoms with Gasteiger partial charge in [0, 0.05) is 6.54 Å². The molecule has 0 saturated carbocycles. The highest BCUT2D eigenvalue weighted by Crippen LogP contribution is 2.12. The summed E-state index contributed by atoms with van der Waals surface area (Å²) in [5.74, 6) is -1.47. The summed E-state index contributed by atoms with van der Waals surface area (Å²) in [5.41, 5.74) is 4.93. The third-order valence-electron chi connectivity index (χ3n) is 1.27. The van der Waals surface area contributed by atoms with Crippen LogP contribution in [0.1, 0.15) is 0 Å². The van der Waals surface area contributed by atoms with Gasteiger partial charge >= 0.3 is 12.1 Å². The molecule has 0 bridgehead atoms. The highest BCUT2D eigenvalue weighted by molar-refractivity contribution is 7.87. The van der Waals surface area contributed by atoms with Gasteiger partial charge in [0.1, 0.15) is 12.6 Å². The number of nitrogens with two attached hydrogens (primary N) is 1. The Hall–Kier alpha value is -0.910. The fourth-order valence-corrected chi connectivity index (χ4v) is 1.37. The van der Waals surface area contributed by atoms with E-state index in [-0.39, 0.29) is 0 Å². The minimum Gasteiger partial charge on any atom is -0.480 e. The molecule has 96 valence electrons. The van der Waals surface area contributed by atoms with Gasteiger partial charge in [0.2, 0.25) is 0 Å². The van der Waals surface area contributed by atoms with Gasteiger partial charge in [-0.15, -0.1) is 0 Å². The molecule has 1 atom stereocenters. The molecule has 11 heteroatoms. The summed E-state index contributed by atoms with van der Waals surface area (Å²) in [6.07, 6.45) is -4.69. The molecule has 0 rings (SSSR count). The minimum absolute atomic E-state index is 0.706. The molecule has 0 aromatic heterocycles. The van der Waals surface area contributed by atoms with E-state index in [0.29, 0.717) is 0 Å². The highest BCUT2D eigenvalue weighted by atomic mass is 32.2. The number of hydrogen-bond donors (Lipinski definition) is 4. The van der Waals surface area contributed by atoms with Crippen LogP contribution in [0.2, 0.25) is 0 Å². The molecule has 0 spiro atoms. The van der Waals surface area contributed by atoms with Gasteiger partial charge in [-0.25, -0.2) is 4.72 Å². The number of carboxylic acid groups (broad SMARTS) is 1. The van der Waals surface area contributed by atoms with Crippen molar-refractivity contribution in [3.8, 4) is 0 Å². The maximum Gasteiger partial charge on any atom is 0.402 e. The Morgan fingerprint density at radius 2 is 1.88 bits per heavy atom. The van der Waals surface area contributed by atoms with Gasteiger partial charge < -0.3 is 10.8 Å². The fraction of sp³-hybridized carbons (Fsp3) is 0.800. The fourth-order valence-electron chi connectivity index (χ4n) is 0.515. The summed E-state index contributed by atoms with van der Waals surface area (Å²) in [6, 6.07) is -1.53. The number of hydrogen-bond acceptors (Lipinski definition) is 4. The quantitative estimate of drug-likeness (QED) is 0.460. The Bertz CT molecular complexity index is 341. The van der Waals surface area contributed by atoms with E-state index in [1.165, 1.54) is 4.72 Å². The first-order valence-electron chi connectivity index (χ1n) is 3.83. The van der Waals surface area contributed by atoms with Crippen LogP contribution in [0.25, 0.3) is 0 Å². The van der Waals surface area contributed by atoms with Crippen molar-refractivity contribution >= 4 is 16.2 Å². The van der Waals surface area contributed by atoms with Crippen molar-refractivity contribution in [2.75, 3.05) is 13.1 Å². The lowest BCUT2D eigenvalue weighted by Crippen LogP contribution is -2.47. The predicted molar refractivity (Wildman–Crippen MR) is 46.6 cm³/mol. The van der Waals surface area contributed by atoms with Gasteiger partial charge in [-0.3, -0.25) is 4.79 Å². The zero-order valence-corrected chi connectivity index (χ0v) is 8.60. The Kier molecular flexibility index (Phi) is 5.12. The molecule has 7 nitrogen and oxygen atoms in total. The van der Waals surface area contributed by atoms with E-state index in [2.05, 4.69) is 0 Å². The number of halogens is 3. The molecule has 0 aliphatic rings. The van der Waals surface area contributed by atoms with Crippen LogP contribution in [0, 0.1) is 0 Å². The average Bonchev–Trinajstić information content (AvgIpc) is 2.10. The molecule has 0 saturated heterocycles. The molecule has 0 fully saturated rings. The second-order valence-electron chi connectivity index (χ2n) is 2.73. The maximum atomic E-state index is 11.6. The van der Waals surface area contributed by atoms with Crippen LogP contribution < -0.4 is 15.2 Å². The highest BCUT2D eigenvalue weighted by Gasteiger charge is 2.29. The molecular weight excluding hydrogens is 255 g/mol. The Morgan fingerprint density at radius 3 is 2.25 bits per heavy atom. The van der Waals surface area contributed by atoms with Crippen LogP contribution in [0.4, 0.5) is 13.2 Å². The number of carbonyl (C=O) groups is 1. The number of carboxylic acids is 1. The van der Waals surface area contributed by atoms with Crippen LogP contribution in [0.5, 0.6) is 0 Å². The first-order chi connectivity index (χ1) is 7.03. The van der Waals surface area contributed by atoms with Crippen LogP contribution in [-0.2, 0) is 15.0 Å². The lowest BCUT2D eigenvalue weighted by Gasteiger charge is -2.11. The molecule has 16 heavy (non-hydrogen) atoms. The summed E-state index contributed by atoms with van der Waals surface area (Å²) in [7, 11) is -4.41. The normalized spacial score (nSPS) is 14.8. The smallest absolute Gasteiger partial charge is 0.402 e. The van der Waals surface area contributed by atoms with E-state index in [1.54, 1.807) is 4.72 Å². The van der Waals surface area contributed by atoms with E-state index in [0.717, 1.165) is 0 Å². The summed E-state index contributed by atoms with van der Waals surface area (Å²) < 4.78 is 59.3. The van der Waals surface area contributed by atoms with Crippen molar-refractivity contribution < 1.29 is 31.5 Å². The van der Waals surface area contributed by atoms with Crippen molar-refractivity contribution in [1.82, 2.24) is 9.44 Å². The molecule has 0 aliphatic heterocycles. The van der Waals surface area contributed by atoms with Gasteiger partial charge in [-0.1, -0.05) is 0 Å². The SMILES string of the molecule is N[C@@H](CNS(=O)(=O)NCC(F)(F)F)C(=O)O. The Balaban J connectivity index is 4.12. The zero-order chi connectivity index (χ0) is 13.0. The summed E-state index contributed by atoms with van der Waals surface area (Å²) in [6.45, 7) is -2.45. The molecule has 0 radical (unpaired) electrons. The summed E-state index contributed by atoms with van der Waals surface area (Å²) in [5, 5.41) is 8.28. The lowest BCUT2D eigenvalue weighted by molar-refractivity contribution is -0.138. The topological polar surface area (TPSA) is 122 Å². The average molecular weight is 265 g/mol. The molecule has 0 amide bonds.